The highest BCUT2D eigenvalue weighted by Crippen LogP contribution is 2.38. The molecule has 0 spiro atoms. The van der Waals surface area contributed by atoms with Crippen molar-refractivity contribution in [1.29, 1.82) is 0 Å². The Morgan fingerprint density at radius 2 is 0.600 bits per heavy atom. The molecule has 0 rings (SSSR count). The van der Waals surface area contributed by atoms with E-state index in [1.165, 1.54) is 83.5 Å². The predicted molar refractivity (Wildman–Crippen MR) is 387 cm³/mol. The van der Waals surface area contributed by atoms with Crippen LogP contribution in [0.1, 0.15) is 258 Å². The SMILES string of the molecule is CC/C=C\C/C=C\C/C=C\C/C=C\C/C=C\C/C=C\C/C=C\C/C=C\C/C=C\CCCCCC(=O)OC(COC(=O)CCCCCCCCCCCCCCCCCC/C=C\C/C=C\C/C=C\C/C=C\C/C=C\C/C=C\CC)COP(=O)([O-])OCC[N+](C)(C)C. The number of allylic oxidation sites excluding steroid dienone is 30. The molecule has 0 fully saturated rings. The second-order valence-electron chi connectivity index (χ2n) is 24.1. The Morgan fingerprint density at radius 3 is 0.900 bits per heavy atom. The maximum absolute atomic E-state index is 12.9. The normalized spacial score (nSPS) is 14.2. The third-order valence-corrected chi connectivity index (χ3v) is 15.4. The molecule has 0 saturated heterocycles. The lowest BCUT2D eigenvalue weighted by Crippen LogP contribution is -2.37. The molecule has 0 amide bonds. The maximum Gasteiger partial charge on any atom is 0.306 e. The van der Waals surface area contributed by atoms with E-state index in [2.05, 4.69) is 196 Å². The van der Waals surface area contributed by atoms with Crippen LogP contribution >= 0.6 is 7.82 Å². The average molecular weight is 1260 g/mol. The van der Waals surface area contributed by atoms with Crippen LogP contribution in [-0.2, 0) is 32.7 Å². The Labute approximate surface area is 552 Å². The van der Waals surface area contributed by atoms with Crippen molar-refractivity contribution in [3.63, 3.8) is 0 Å². The Balaban J connectivity index is 4.15. The van der Waals surface area contributed by atoms with Gasteiger partial charge in [-0.3, -0.25) is 14.2 Å². The van der Waals surface area contributed by atoms with Crippen molar-refractivity contribution in [2.45, 2.75) is 264 Å². The fourth-order valence-corrected chi connectivity index (χ4v) is 9.79. The van der Waals surface area contributed by atoms with Crippen LogP contribution in [0.25, 0.3) is 0 Å². The minimum absolute atomic E-state index is 0.0468. The standard InChI is InChI=1S/C80H130NO8P/c1-6-8-10-12-14-16-18-20-22-24-26-28-30-32-34-36-38-39-40-41-43-44-46-48-50-52-54-56-58-60-62-64-66-68-70-72-79(82)86-76-78(77-88-90(84,85)87-75-74-81(3,4)5)89-80(83)73-71-69-67-65-63-61-59-57-55-53-51-49-47-45-42-37-35-33-31-29-27-25-23-21-19-17-15-13-11-9-7-2/h8-11,14-17,20-23,26-29,32-35,38-39,42,45,49,51,55,57,61,63,78H,6-7,12-13,18-19,24-25,30-31,36-37,40-41,43-44,46-48,50,52-54,56,58-60,62,64-77H2,1-5H3/b10-8-,11-9-,16-14-,17-15-,22-20-,23-21-,28-26-,29-27-,34-32-,35-33-,39-38-,45-42-,51-49-,57-55-,63-61-. The zero-order valence-electron chi connectivity index (χ0n) is 57.8. The molecule has 0 bridgehead atoms. The number of esters is 2. The molecule has 0 radical (unpaired) electrons. The summed E-state index contributed by atoms with van der Waals surface area (Å²) in [7, 11) is 1.12. The second-order valence-corrected chi connectivity index (χ2v) is 25.5. The number of phosphoric acid groups is 1. The van der Waals surface area contributed by atoms with Crippen LogP contribution in [0.4, 0.5) is 0 Å². The Bertz CT molecular complexity index is 2170. The van der Waals surface area contributed by atoms with E-state index >= 15 is 0 Å². The van der Waals surface area contributed by atoms with Crippen LogP contribution in [0.5, 0.6) is 0 Å². The second kappa shape index (κ2) is 68.5. The fourth-order valence-electron chi connectivity index (χ4n) is 9.06. The molecule has 0 N–H and O–H groups in total. The lowest BCUT2D eigenvalue weighted by atomic mass is 10.0. The minimum Gasteiger partial charge on any atom is -0.756 e. The summed E-state index contributed by atoms with van der Waals surface area (Å²) in [6.07, 6.45) is 105. The van der Waals surface area contributed by atoms with Gasteiger partial charge in [0.15, 0.2) is 6.10 Å². The third-order valence-electron chi connectivity index (χ3n) is 14.4. The van der Waals surface area contributed by atoms with Gasteiger partial charge in [0.1, 0.15) is 19.8 Å². The molecule has 0 heterocycles. The number of phosphoric ester groups is 1. The molecule has 2 atom stereocenters. The summed E-state index contributed by atoms with van der Waals surface area (Å²) in [5.74, 6) is -0.880. The molecule has 2 unspecified atom stereocenters. The quantitative estimate of drug-likeness (QED) is 0.0195. The first-order valence-electron chi connectivity index (χ1n) is 35.5. The van der Waals surface area contributed by atoms with E-state index in [1.807, 2.05) is 21.1 Å². The molecule has 0 aliphatic heterocycles. The number of hydrogen-bond donors (Lipinski definition) is 0. The minimum atomic E-state index is -4.67. The van der Waals surface area contributed by atoms with Gasteiger partial charge in [-0.15, -0.1) is 0 Å². The van der Waals surface area contributed by atoms with Gasteiger partial charge in [-0.05, 0) is 135 Å². The predicted octanol–water partition coefficient (Wildman–Crippen LogP) is 22.9. The molecule has 90 heavy (non-hydrogen) atoms. The highest BCUT2D eigenvalue weighted by molar-refractivity contribution is 7.45. The third kappa shape index (κ3) is 72.2. The summed E-state index contributed by atoms with van der Waals surface area (Å²) in [5.41, 5.74) is 0. The number of hydrogen-bond acceptors (Lipinski definition) is 8. The van der Waals surface area contributed by atoms with Crippen molar-refractivity contribution >= 4 is 19.8 Å². The average Bonchev–Trinajstić information content (AvgIpc) is 3.58. The zero-order valence-corrected chi connectivity index (χ0v) is 58.7. The van der Waals surface area contributed by atoms with Gasteiger partial charge in [-0.1, -0.05) is 292 Å². The van der Waals surface area contributed by atoms with Crippen molar-refractivity contribution < 1.29 is 42.1 Å². The van der Waals surface area contributed by atoms with Gasteiger partial charge in [-0.2, -0.15) is 0 Å². The van der Waals surface area contributed by atoms with E-state index in [0.29, 0.717) is 17.4 Å². The highest BCUT2D eigenvalue weighted by Gasteiger charge is 2.22. The Morgan fingerprint density at radius 1 is 0.344 bits per heavy atom. The first kappa shape index (κ1) is 85.1. The van der Waals surface area contributed by atoms with E-state index in [9.17, 15) is 19.0 Å². The summed E-state index contributed by atoms with van der Waals surface area (Å²) >= 11 is 0. The molecule has 0 saturated carbocycles. The van der Waals surface area contributed by atoms with Crippen LogP contribution in [0.3, 0.4) is 0 Å². The summed E-state index contributed by atoms with van der Waals surface area (Å²) < 4.78 is 34.3. The fraction of sp³-hybridized carbons (Fsp3) is 0.600. The number of nitrogens with zero attached hydrogens (tertiary/aromatic N) is 1. The van der Waals surface area contributed by atoms with Crippen LogP contribution < -0.4 is 4.89 Å². The molecular weight excluding hydrogens is 1130 g/mol. The van der Waals surface area contributed by atoms with Gasteiger partial charge >= 0.3 is 11.9 Å². The van der Waals surface area contributed by atoms with Gasteiger partial charge < -0.3 is 27.9 Å². The maximum atomic E-state index is 12.9. The first-order chi connectivity index (χ1) is 44.0. The molecule has 0 aliphatic carbocycles. The largest absolute Gasteiger partial charge is 0.756 e. The Hall–Kier alpha value is -4.89. The molecule has 9 nitrogen and oxygen atoms in total. The van der Waals surface area contributed by atoms with Gasteiger partial charge in [0.05, 0.1) is 27.7 Å². The number of rotatable bonds is 63. The van der Waals surface area contributed by atoms with Crippen molar-refractivity contribution in [3.05, 3.63) is 182 Å². The van der Waals surface area contributed by atoms with E-state index in [-0.39, 0.29) is 26.1 Å². The molecular formula is C80H130NO8P. The van der Waals surface area contributed by atoms with Gasteiger partial charge in [0, 0.05) is 12.8 Å². The van der Waals surface area contributed by atoms with Gasteiger partial charge in [0.25, 0.3) is 7.82 Å². The summed E-state index contributed by atoms with van der Waals surface area (Å²) in [4.78, 5) is 38.1. The first-order valence-corrected chi connectivity index (χ1v) is 37.0. The van der Waals surface area contributed by atoms with E-state index in [0.717, 1.165) is 141 Å². The monoisotopic (exact) mass is 1260 g/mol. The van der Waals surface area contributed by atoms with E-state index in [1.54, 1.807) is 0 Å². The molecule has 10 heteroatoms. The van der Waals surface area contributed by atoms with Crippen molar-refractivity contribution in [2.24, 2.45) is 0 Å². The molecule has 508 valence electrons. The lowest BCUT2D eigenvalue weighted by molar-refractivity contribution is -0.870. The summed E-state index contributed by atoms with van der Waals surface area (Å²) in [6.45, 7) is 3.96. The van der Waals surface area contributed by atoms with E-state index < -0.39 is 32.5 Å². The number of carbonyl (C=O) groups is 2. The van der Waals surface area contributed by atoms with Crippen molar-refractivity contribution in [3.8, 4) is 0 Å². The highest BCUT2D eigenvalue weighted by atomic mass is 31.2. The van der Waals surface area contributed by atoms with Crippen LogP contribution in [0.15, 0.2) is 182 Å². The topological polar surface area (TPSA) is 111 Å². The summed E-state index contributed by atoms with van der Waals surface area (Å²) in [5, 5.41) is 0. The van der Waals surface area contributed by atoms with Crippen LogP contribution in [-0.4, -0.2) is 70.0 Å². The van der Waals surface area contributed by atoms with Crippen LogP contribution in [0, 0.1) is 0 Å². The molecule has 0 aromatic carbocycles. The van der Waals surface area contributed by atoms with Crippen molar-refractivity contribution in [2.75, 3.05) is 47.5 Å². The van der Waals surface area contributed by atoms with Crippen molar-refractivity contribution in [1.82, 2.24) is 0 Å². The number of quaternary nitrogens is 1. The number of ether oxygens (including phenoxy) is 2. The van der Waals surface area contributed by atoms with Gasteiger partial charge in [-0.25, -0.2) is 0 Å². The molecule has 0 aromatic rings. The van der Waals surface area contributed by atoms with Crippen LogP contribution in [0.2, 0.25) is 0 Å². The molecule has 0 aromatic heterocycles. The lowest BCUT2D eigenvalue weighted by Gasteiger charge is -2.28. The van der Waals surface area contributed by atoms with E-state index in [4.69, 9.17) is 18.5 Å². The Kier molecular flexibility index (Phi) is 64.8. The number of carbonyl (C=O) groups excluding carboxylic acids is 2. The number of unbranched alkanes of at least 4 members (excludes halogenated alkanes) is 19. The molecule has 0 aliphatic rings. The number of likely N-dealkylation sites (N-methyl/N-ethyl adjacent to an activating group) is 1. The zero-order chi connectivity index (χ0) is 65.5. The smallest absolute Gasteiger partial charge is 0.306 e. The van der Waals surface area contributed by atoms with Gasteiger partial charge in [0.2, 0.25) is 0 Å². The summed E-state index contributed by atoms with van der Waals surface area (Å²) in [6, 6.07) is 0.